The van der Waals surface area contributed by atoms with E-state index in [1.54, 1.807) is 23.9 Å². The van der Waals surface area contributed by atoms with Gasteiger partial charge in [-0.25, -0.2) is 9.56 Å². The van der Waals surface area contributed by atoms with Crippen molar-refractivity contribution in [1.29, 1.82) is 5.41 Å². The van der Waals surface area contributed by atoms with Crippen LogP contribution < -0.4 is 10.1 Å². The molecule has 9 heteroatoms. The Morgan fingerprint density at radius 3 is 2.60 bits per heavy atom. The zero-order valence-corrected chi connectivity index (χ0v) is 16.8. The first-order valence-electron chi connectivity index (χ1n) is 9.10. The molecule has 0 spiro atoms. The summed E-state index contributed by atoms with van der Waals surface area (Å²) in [5, 5.41) is 31.1. The molecule has 0 aliphatic carbocycles. The molecule has 7 nitrogen and oxygen atoms in total. The summed E-state index contributed by atoms with van der Waals surface area (Å²) in [7, 11) is 1.77. The van der Waals surface area contributed by atoms with Gasteiger partial charge in [0.15, 0.2) is 12.8 Å². The fourth-order valence-corrected chi connectivity index (χ4v) is 2.78. The number of allylic oxidation sites excluding steroid dienone is 1. The van der Waals surface area contributed by atoms with Crippen LogP contribution in [0.3, 0.4) is 0 Å². The first kappa shape index (κ1) is 23.1. The van der Waals surface area contributed by atoms with Crippen LogP contribution in [0.5, 0.6) is 5.75 Å². The van der Waals surface area contributed by atoms with Crippen LogP contribution in [0.4, 0.5) is 20.3 Å². The average molecular weight is 419 g/mol. The van der Waals surface area contributed by atoms with Crippen LogP contribution in [0, 0.1) is 5.41 Å². The number of aliphatic hydroxyl groups is 2. The second-order valence-corrected chi connectivity index (χ2v) is 6.66. The van der Waals surface area contributed by atoms with Crippen molar-refractivity contribution >= 4 is 23.4 Å². The molecule has 0 fully saturated rings. The summed E-state index contributed by atoms with van der Waals surface area (Å²) in [5.41, 5.74) is 1.35. The lowest BCUT2D eigenvalue weighted by Gasteiger charge is -2.18. The fraction of sp³-hybridized carbons (Fsp3) is 0.286. The Hall–Kier alpha value is -3.17. The van der Waals surface area contributed by atoms with Gasteiger partial charge in [0, 0.05) is 18.8 Å². The van der Waals surface area contributed by atoms with Crippen molar-refractivity contribution < 1.29 is 28.3 Å². The third-order valence-electron chi connectivity index (χ3n) is 4.00. The summed E-state index contributed by atoms with van der Waals surface area (Å²) in [6.07, 6.45) is 0.245. The standard InChI is InChI=1S/C21H25F2N4O3/c1-4-11-27(3)12-17(24)19-16(18(29)13-28)9-10-25-20(19)26-14-5-7-15(8-6-14)30-21(2,22)23/h4-11,18,24,28-29H,1,12-13H2,2-3H3,(H,25,26)/q+1. The van der Waals surface area contributed by atoms with E-state index in [1.165, 1.54) is 36.5 Å². The number of nitrogens with one attached hydrogen (secondary N) is 2. The Bertz CT molecular complexity index is 925. The molecule has 1 atom stereocenters. The number of hydrogen-bond acceptors (Lipinski definition) is 6. The van der Waals surface area contributed by atoms with Gasteiger partial charge in [0.25, 0.3) is 0 Å². The molecule has 2 rings (SSSR count). The SMILES string of the molecule is C=CC=[N+](C)CC(=N)c1c(C(O)CO)ccnc1Nc1ccc(OC(C)(F)F)cc1. The lowest BCUT2D eigenvalue weighted by Crippen LogP contribution is -2.22. The van der Waals surface area contributed by atoms with Crippen molar-refractivity contribution in [2.75, 3.05) is 25.5 Å². The van der Waals surface area contributed by atoms with E-state index in [0.29, 0.717) is 23.7 Å². The number of benzene rings is 1. The van der Waals surface area contributed by atoms with E-state index in [-0.39, 0.29) is 23.8 Å². The van der Waals surface area contributed by atoms with Gasteiger partial charge in [-0.05, 0) is 42.0 Å². The normalized spacial score (nSPS) is 12.9. The number of anilines is 2. The van der Waals surface area contributed by atoms with Gasteiger partial charge in [0.1, 0.15) is 30.4 Å². The Morgan fingerprint density at radius 1 is 1.37 bits per heavy atom. The maximum Gasteiger partial charge on any atom is 0.394 e. The summed E-state index contributed by atoms with van der Waals surface area (Å²) < 4.78 is 32.2. The predicted octanol–water partition coefficient (Wildman–Crippen LogP) is 3.11. The zero-order chi connectivity index (χ0) is 22.3. The quantitative estimate of drug-likeness (QED) is 0.350. The number of likely N-dealkylation sites (N-methyl/N-ethyl adjacent to an activating group) is 1. The second-order valence-electron chi connectivity index (χ2n) is 6.66. The van der Waals surface area contributed by atoms with Crippen molar-refractivity contribution in [3.63, 3.8) is 0 Å². The molecule has 1 unspecified atom stereocenters. The minimum atomic E-state index is -3.29. The number of alkyl halides is 2. The zero-order valence-electron chi connectivity index (χ0n) is 16.8. The highest BCUT2D eigenvalue weighted by Gasteiger charge is 2.24. The Kier molecular flexibility index (Phi) is 7.73. The first-order valence-corrected chi connectivity index (χ1v) is 9.10. The summed E-state index contributed by atoms with van der Waals surface area (Å²) in [5.74, 6) is 0.284. The highest BCUT2D eigenvalue weighted by atomic mass is 19.3. The highest BCUT2D eigenvalue weighted by Crippen LogP contribution is 2.28. The maximum absolute atomic E-state index is 13.0. The van der Waals surface area contributed by atoms with Gasteiger partial charge in [0.05, 0.1) is 12.2 Å². The summed E-state index contributed by atoms with van der Waals surface area (Å²) in [4.78, 5) is 4.26. The van der Waals surface area contributed by atoms with Crippen LogP contribution in [0.25, 0.3) is 0 Å². The van der Waals surface area contributed by atoms with E-state index in [2.05, 4.69) is 21.6 Å². The molecular weight excluding hydrogens is 394 g/mol. The van der Waals surface area contributed by atoms with E-state index < -0.39 is 18.8 Å². The number of rotatable bonds is 10. The largest absolute Gasteiger partial charge is 0.433 e. The van der Waals surface area contributed by atoms with Gasteiger partial charge >= 0.3 is 6.11 Å². The minimum Gasteiger partial charge on any atom is -0.433 e. The van der Waals surface area contributed by atoms with Gasteiger partial charge in [-0.15, -0.1) is 0 Å². The van der Waals surface area contributed by atoms with E-state index >= 15 is 0 Å². The predicted molar refractivity (Wildman–Crippen MR) is 111 cm³/mol. The summed E-state index contributed by atoms with van der Waals surface area (Å²) >= 11 is 0. The van der Waals surface area contributed by atoms with Gasteiger partial charge in [0.2, 0.25) is 0 Å². The fourth-order valence-electron chi connectivity index (χ4n) is 2.78. The van der Waals surface area contributed by atoms with E-state index in [1.807, 2.05) is 0 Å². The molecule has 0 saturated carbocycles. The van der Waals surface area contributed by atoms with Gasteiger partial charge in [-0.3, -0.25) is 5.41 Å². The number of hydrogen-bond donors (Lipinski definition) is 4. The van der Waals surface area contributed by atoms with Crippen LogP contribution >= 0.6 is 0 Å². The molecule has 0 amide bonds. The molecule has 160 valence electrons. The molecular formula is C21H25F2N4O3+. The molecule has 2 aromatic rings. The number of halogens is 2. The lowest BCUT2D eigenvalue weighted by atomic mass is 9.99. The van der Waals surface area contributed by atoms with Crippen molar-refractivity contribution in [2.24, 2.45) is 0 Å². The third kappa shape index (κ3) is 6.43. The van der Waals surface area contributed by atoms with Crippen LogP contribution in [0.1, 0.15) is 24.2 Å². The maximum atomic E-state index is 13.0. The number of nitrogens with zero attached hydrogens (tertiary/aromatic N) is 2. The Balaban J connectivity index is 2.38. The van der Waals surface area contributed by atoms with Crippen molar-refractivity contribution in [1.82, 2.24) is 4.98 Å². The molecule has 1 heterocycles. The number of aliphatic hydroxyl groups excluding tert-OH is 2. The van der Waals surface area contributed by atoms with Crippen molar-refractivity contribution in [3.8, 4) is 5.75 Å². The van der Waals surface area contributed by atoms with Gasteiger partial charge in [-0.2, -0.15) is 8.78 Å². The van der Waals surface area contributed by atoms with Gasteiger partial charge < -0.3 is 20.3 Å². The Labute approximate surface area is 173 Å². The van der Waals surface area contributed by atoms with Crippen molar-refractivity contribution in [2.45, 2.75) is 19.1 Å². The van der Waals surface area contributed by atoms with Crippen LogP contribution in [-0.2, 0) is 0 Å². The summed E-state index contributed by atoms with van der Waals surface area (Å²) in [6, 6.07) is 7.35. The van der Waals surface area contributed by atoms with Crippen LogP contribution in [-0.4, -0.2) is 58.0 Å². The van der Waals surface area contributed by atoms with E-state index in [9.17, 15) is 19.0 Å². The number of pyridine rings is 1. The van der Waals surface area contributed by atoms with Gasteiger partial charge in [-0.1, -0.05) is 6.58 Å². The summed E-state index contributed by atoms with van der Waals surface area (Å²) in [6.45, 7) is 3.96. The highest BCUT2D eigenvalue weighted by molar-refractivity contribution is 6.05. The molecule has 4 N–H and O–H groups in total. The molecule has 1 aromatic carbocycles. The molecule has 0 aliphatic heterocycles. The first-order chi connectivity index (χ1) is 14.1. The molecule has 0 aliphatic rings. The Morgan fingerprint density at radius 2 is 2.03 bits per heavy atom. The molecule has 0 saturated heterocycles. The smallest absolute Gasteiger partial charge is 0.394 e. The molecule has 1 aromatic heterocycles. The average Bonchev–Trinajstić information content (AvgIpc) is 2.67. The molecule has 0 radical (unpaired) electrons. The second kappa shape index (κ2) is 10.0. The molecule has 30 heavy (non-hydrogen) atoms. The topological polar surface area (TPSA) is 101 Å². The van der Waals surface area contributed by atoms with Crippen LogP contribution in [0.2, 0.25) is 0 Å². The lowest BCUT2D eigenvalue weighted by molar-refractivity contribution is -0.475. The van der Waals surface area contributed by atoms with E-state index in [0.717, 1.165) is 0 Å². The minimum absolute atomic E-state index is 0.0000150. The third-order valence-corrected chi connectivity index (χ3v) is 4.00. The number of ether oxygens (including phenoxy) is 1. The number of aromatic nitrogens is 1. The van der Waals surface area contributed by atoms with Crippen molar-refractivity contribution in [3.05, 3.63) is 60.3 Å². The van der Waals surface area contributed by atoms with Crippen LogP contribution in [0.15, 0.2) is 49.2 Å². The molecule has 0 bridgehead atoms. The van der Waals surface area contributed by atoms with E-state index in [4.69, 9.17) is 5.41 Å². The monoisotopic (exact) mass is 419 g/mol.